The first-order chi connectivity index (χ1) is 9.99. The summed E-state index contributed by atoms with van der Waals surface area (Å²) < 4.78 is 33.9. The summed E-state index contributed by atoms with van der Waals surface area (Å²) in [6, 6.07) is 0.645. The molecule has 0 fully saturated rings. The van der Waals surface area contributed by atoms with Crippen molar-refractivity contribution in [2.45, 2.75) is 38.8 Å². The summed E-state index contributed by atoms with van der Waals surface area (Å²) in [6.07, 6.45) is 0.702. The first-order valence-corrected chi connectivity index (χ1v) is 11.1. The van der Waals surface area contributed by atoms with Gasteiger partial charge in [-0.05, 0) is 34.1 Å². The molecule has 0 aliphatic heterocycles. The molecule has 0 rings (SSSR count). The fraction of sp³-hybridized carbons (Fsp3) is 0.923. The lowest BCUT2D eigenvalue weighted by Crippen LogP contribution is -2.51. The molecule has 21 heavy (non-hydrogen) atoms. The Bertz CT molecular complexity index is 238. The van der Waals surface area contributed by atoms with E-state index in [9.17, 15) is 0 Å². The summed E-state index contributed by atoms with van der Waals surface area (Å²) in [7, 11) is -0.584. The van der Waals surface area contributed by atoms with Gasteiger partial charge in [0.1, 0.15) is 0 Å². The first kappa shape index (κ1) is 21.2. The van der Waals surface area contributed by atoms with Crippen LogP contribution in [0, 0.1) is 6.92 Å². The smallest absolute Gasteiger partial charge is 0.377 e. The maximum absolute atomic E-state index is 5.86. The Labute approximate surface area is 131 Å². The van der Waals surface area contributed by atoms with Crippen LogP contribution in [-0.2, 0) is 26.6 Å². The van der Waals surface area contributed by atoms with Crippen molar-refractivity contribution in [3.8, 4) is 0 Å². The van der Waals surface area contributed by atoms with E-state index >= 15 is 0 Å². The topological polar surface area (TPSA) is 55.4 Å². The highest BCUT2D eigenvalue weighted by atomic mass is 28.4. The van der Waals surface area contributed by atoms with Crippen LogP contribution in [0.3, 0.4) is 0 Å². The summed E-state index contributed by atoms with van der Waals surface area (Å²) in [6.45, 7) is 11.6. The van der Waals surface area contributed by atoms with Crippen molar-refractivity contribution in [3.63, 3.8) is 0 Å². The fourth-order valence-electron chi connectivity index (χ4n) is 2.17. The molecule has 8 heteroatoms. The molecule has 1 atom stereocenters. The minimum absolute atomic E-state index is 0.0929. The van der Waals surface area contributed by atoms with E-state index < -0.39 is 17.6 Å². The highest BCUT2D eigenvalue weighted by molar-refractivity contribution is 6.63. The average Bonchev–Trinajstić information content (AvgIpc) is 2.49. The Morgan fingerprint density at radius 3 is 1.48 bits per heavy atom. The van der Waals surface area contributed by atoms with Gasteiger partial charge < -0.3 is 26.6 Å². The quantitative estimate of drug-likeness (QED) is 0.481. The molecule has 0 spiro atoms. The van der Waals surface area contributed by atoms with E-state index in [1.807, 2.05) is 20.8 Å². The van der Waals surface area contributed by atoms with Gasteiger partial charge in [-0.25, -0.2) is 0 Å². The van der Waals surface area contributed by atoms with Gasteiger partial charge in [-0.1, -0.05) is 0 Å². The molecule has 0 aliphatic rings. The van der Waals surface area contributed by atoms with Gasteiger partial charge in [0.25, 0.3) is 0 Å². The van der Waals surface area contributed by atoms with Gasteiger partial charge in [-0.15, -0.1) is 0 Å². The summed E-state index contributed by atoms with van der Waals surface area (Å²) in [4.78, 5) is 0. The predicted molar refractivity (Wildman–Crippen MR) is 85.9 cm³/mol. The van der Waals surface area contributed by atoms with E-state index in [2.05, 4.69) is 6.92 Å². The molecule has 6 nitrogen and oxygen atoms in total. The van der Waals surface area contributed by atoms with Gasteiger partial charge >= 0.3 is 17.6 Å². The van der Waals surface area contributed by atoms with Crippen molar-refractivity contribution >= 4 is 17.6 Å². The summed E-state index contributed by atoms with van der Waals surface area (Å²) in [5.41, 5.74) is -0.0929. The van der Waals surface area contributed by atoms with Crippen LogP contribution in [-0.4, -0.2) is 58.8 Å². The molecule has 1 unspecified atom stereocenters. The molecule has 0 N–H and O–H groups in total. The molecule has 0 saturated carbocycles. The third-order valence-corrected chi connectivity index (χ3v) is 9.40. The molecule has 0 aromatic carbocycles. The molecule has 0 bridgehead atoms. The van der Waals surface area contributed by atoms with E-state index in [4.69, 9.17) is 26.6 Å². The van der Waals surface area contributed by atoms with Gasteiger partial charge in [0.15, 0.2) is 0 Å². The zero-order chi connectivity index (χ0) is 16.4. The summed E-state index contributed by atoms with van der Waals surface area (Å²) in [5.74, 6) is 0. The monoisotopic (exact) mass is 339 g/mol. The lowest BCUT2D eigenvalue weighted by molar-refractivity contribution is 0.0635. The minimum Gasteiger partial charge on any atom is -0.377 e. The van der Waals surface area contributed by atoms with Crippen molar-refractivity contribution in [3.05, 3.63) is 6.92 Å². The SMILES string of the molecule is [CH2]C(CC[Si](OC)(OC)OC)[Si](OCC)(OCC)OCC. The Kier molecular flexibility index (Phi) is 10.9. The van der Waals surface area contributed by atoms with E-state index in [0.29, 0.717) is 32.3 Å². The number of rotatable bonds is 13. The van der Waals surface area contributed by atoms with E-state index in [1.165, 1.54) is 0 Å². The van der Waals surface area contributed by atoms with Crippen LogP contribution in [0.1, 0.15) is 27.2 Å². The van der Waals surface area contributed by atoms with Gasteiger partial charge in [-0.3, -0.25) is 0 Å². The summed E-state index contributed by atoms with van der Waals surface area (Å²) >= 11 is 0. The molecule has 0 saturated heterocycles. The van der Waals surface area contributed by atoms with Crippen LogP contribution in [0.15, 0.2) is 0 Å². The fourth-order valence-corrected chi connectivity index (χ4v) is 6.93. The van der Waals surface area contributed by atoms with Crippen LogP contribution in [0.4, 0.5) is 0 Å². The molecule has 0 aliphatic carbocycles. The zero-order valence-electron chi connectivity index (χ0n) is 14.3. The normalized spacial score (nSPS) is 14.4. The van der Waals surface area contributed by atoms with E-state index in [1.54, 1.807) is 21.3 Å². The standard InChI is InChI=1S/C13H31O6Si2/c1-8-17-21(18-9-2,19-10-3)13(4)11-12-20(14-5,15-6)16-7/h13H,4,8-12H2,1-3,5-7H3. The molecular formula is C13H31O6Si2. The Hall–Kier alpha value is 0.194. The molecule has 0 heterocycles. The van der Waals surface area contributed by atoms with Crippen LogP contribution in [0.25, 0.3) is 0 Å². The van der Waals surface area contributed by atoms with Crippen LogP contribution >= 0.6 is 0 Å². The molecular weight excluding hydrogens is 308 g/mol. The molecule has 0 aromatic heterocycles. The third kappa shape index (κ3) is 6.07. The Morgan fingerprint density at radius 1 is 0.810 bits per heavy atom. The highest BCUT2D eigenvalue weighted by Crippen LogP contribution is 2.32. The highest BCUT2D eigenvalue weighted by Gasteiger charge is 2.48. The maximum Gasteiger partial charge on any atom is 0.504 e. The predicted octanol–water partition coefficient (Wildman–Crippen LogP) is 2.51. The zero-order valence-corrected chi connectivity index (χ0v) is 16.3. The Balaban J connectivity index is 4.90. The van der Waals surface area contributed by atoms with Crippen LogP contribution in [0.2, 0.25) is 11.6 Å². The third-order valence-electron chi connectivity index (χ3n) is 3.27. The van der Waals surface area contributed by atoms with E-state index in [0.717, 1.165) is 0 Å². The number of hydrogen-bond acceptors (Lipinski definition) is 6. The van der Waals surface area contributed by atoms with Gasteiger partial charge in [0.2, 0.25) is 0 Å². The molecule has 0 aromatic rings. The van der Waals surface area contributed by atoms with Crippen molar-refractivity contribution in [1.82, 2.24) is 0 Å². The maximum atomic E-state index is 5.86. The average molecular weight is 340 g/mol. The molecule has 127 valence electrons. The minimum atomic E-state index is -2.79. The second kappa shape index (κ2) is 10.8. The summed E-state index contributed by atoms with van der Waals surface area (Å²) in [5, 5.41) is 0. The lowest BCUT2D eigenvalue weighted by Gasteiger charge is -2.34. The van der Waals surface area contributed by atoms with Gasteiger partial charge in [0.05, 0.1) is 0 Å². The van der Waals surface area contributed by atoms with E-state index in [-0.39, 0.29) is 5.54 Å². The van der Waals surface area contributed by atoms with Crippen molar-refractivity contribution in [2.24, 2.45) is 0 Å². The van der Waals surface area contributed by atoms with Gasteiger partial charge in [-0.2, -0.15) is 0 Å². The number of hydrogen-bond donors (Lipinski definition) is 0. The second-order valence-electron chi connectivity index (χ2n) is 4.43. The van der Waals surface area contributed by atoms with Crippen LogP contribution in [0.5, 0.6) is 0 Å². The van der Waals surface area contributed by atoms with Crippen molar-refractivity contribution in [1.29, 1.82) is 0 Å². The molecule has 1 radical (unpaired) electrons. The largest absolute Gasteiger partial charge is 0.504 e. The van der Waals surface area contributed by atoms with Crippen molar-refractivity contribution in [2.75, 3.05) is 41.2 Å². The van der Waals surface area contributed by atoms with Crippen molar-refractivity contribution < 1.29 is 26.6 Å². The lowest BCUT2D eigenvalue weighted by atomic mass is 10.4. The Morgan fingerprint density at radius 2 is 1.19 bits per heavy atom. The van der Waals surface area contributed by atoms with Crippen LogP contribution < -0.4 is 0 Å². The first-order valence-electron chi connectivity index (χ1n) is 7.40. The second-order valence-corrected chi connectivity index (χ2v) is 10.4. The molecule has 0 amide bonds. The van der Waals surface area contributed by atoms with Gasteiger partial charge in [0, 0.05) is 52.7 Å².